The van der Waals surface area contributed by atoms with Crippen LogP contribution in [0.3, 0.4) is 0 Å². The highest BCUT2D eigenvalue weighted by Crippen LogP contribution is 2.34. The number of halogens is 3. The summed E-state index contributed by atoms with van der Waals surface area (Å²) in [6, 6.07) is 4.73. The summed E-state index contributed by atoms with van der Waals surface area (Å²) in [5.74, 6) is -0.850. The van der Waals surface area contributed by atoms with Crippen LogP contribution in [0.1, 0.15) is 29.6 Å². The largest absolute Gasteiger partial charge is 0.346 e. The van der Waals surface area contributed by atoms with Crippen molar-refractivity contribution in [3.63, 3.8) is 0 Å². The molecule has 1 aromatic carbocycles. The lowest BCUT2D eigenvalue weighted by molar-refractivity contribution is 0.0852. The van der Waals surface area contributed by atoms with E-state index >= 15 is 0 Å². The van der Waals surface area contributed by atoms with Crippen molar-refractivity contribution < 1.29 is 9.18 Å². The van der Waals surface area contributed by atoms with Gasteiger partial charge in [-0.05, 0) is 47.3 Å². The molecule has 0 radical (unpaired) electrons. The van der Waals surface area contributed by atoms with Crippen molar-refractivity contribution in [2.45, 2.75) is 24.8 Å². The lowest BCUT2D eigenvalue weighted by atomic mass is 9.78. The molecule has 2 nitrogen and oxygen atoms in total. The molecule has 1 saturated carbocycles. The topological polar surface area (TPSA) is 29.1 Å². The maximum absolute atomic E-state index is 13.7. The van der Waals surface area contributed by atoms with Gasteiger partial charge in [0.1, 0.15) is 5.82 Å². The molecule has 0 atom stereocenters. The van der Waals surface area contributed by atoms with Crippen molar-refractivity contribution >= 4 is 37.8 Å². The summed E-state index contributed by atoms with van der Waals surface area (Å²) >= 11 is 6.48. The van der Waals surface area contributed by atoms with E-state index in [0.717, 1.165) is 19.3 Å². The van der Waals surface area contributed by atoms with Gasteiger partial charge in [0.2, 0.25) is 0 Å². The maximum Gasteiger partial charge on any atom is 0.254 e. The Morgan fingerprint density at radius 2 is 2.18 bits per heavy atom. The standard InChI is InChI=1S/C12H12Br2FNO/c13-7-12(5-2-6-12)16-11(17)8-3-1-4-9(14)10(8)15/h1,3-4H,2,5-7H2,(H,16,17). The molecule has 0 heterocycles. The third kappa shape index (κ3) is 2.55. The van der Waals surface area contributed by atoms with Crippen LogP contribution in [-0.2, 0) is 0 Å². The molecule has 17 heavy (non-hydrogen) atoms. The number of hydrogen-bond acceptors (Lipinski definition) is 1. The minimum absolute atomic E-state index is 0.0894. The van der Waals surface area contributed by atoms with Crippen LogP contribution in [0, 0.1) is 5.82 Å². The summed E-state index contributed by atoms with van der Waals surface area (Å²) in [5.41, 5.74) is -0.0992. The van der Waals surface area contributed by atoms with Gasteiger partial charge in [0, 0.05) is 5.33 Å². The van der Waals surface area contributed by atoms with Crippen molar-refractivity contribution in [3.05, 3.63) is 34.1 Å². The highest BCUT2D eigenvalue weighted by atomic mass is 79.9. The lowest BCUT2D eigenvalue weighted by Gasteiger charge is -2.41. The predicted octanol–water partition coefficient (Wildman–Crippen LogP) is 3.64. The van der Waals surface area contributed by atoms with Gasteiger partial charge in [-0.3, -0.25) is 4.79 Å². The van der Waals surface area contributed by atoms with Crippen LogP contribution in [0.4, 0.5) is 4.39 Å². The summed E-state index contributed by atoms with van der Waals surface area (Å²) in [5, 5.41) is 3.63. The van der Waals surface area contributed by atoms with E-state index < -0.39 is 5.82 Å². The summed E-state index contributed by atoms with van der Waals surface area (Å²) in [6.07, 6.45) is 2.99. The van der Waals surface area contributed by atoms with Crippen molar-refractivity contribution in [3.8, 4) is 0 Å². The Morgan fingerprint density at radius 1 is 1.47 bits per heavy atom. The first-order chi connectivity index (χ1) is 8.08. The maximum atomic E-state index is 13.7. The molecule has 0 aliphatic heterocycles. The van der Waals surface area contributed by atoms with Gasteiger partial charge in [-0.15, -0.1) is 0 Å². The minimum atomic E-state index is -0.506. The third-order valence-corrected chi connectivity index (χ3v) is 4.83. The smallest absolute Gasteiger partial charge is 0.254 e. The molecule has 1 fully saturated rings. The monoisotopic (exact) mass is 363 g/mol. The number of nitrogens with one attached hydrogen (secondary N) is 1. The van der Waals surface area contributed by atoms with Gasteiger partial charge in [0.25, 0.3) is 5.91 Å². The molecule has 92 valence electrons. The summed E-state index contributed by atoms with van der Waals surface area (Å²) < 4.78 is 14.0. The lowest BCUT2D eigenvalue weighted by Crippen LogP contribution is -2.55. The van der Waals surface area contributed by atoms with E-state index in [2.05, 4.69) is 37.2 Å². The average Bonchev–Trinajstić information content (AvgIpc) is 2.27. The van der Waals surface area contributed by atoms with Gasteiger partial charge in [-0.1, -0.05) is 22.0 Å². The molecule has 0 saturated heterocycles. The fourth-order valence-corrected chi connectivity index (χ4v) is 2.95. The zero-order chi connectivity index (χ0) is 12.5. The molecule has 0 unspecified atom stereocenters. The Labute approximate surface area is 116 Å². The molecular weight excluding hydrogens is 353 g/mol. The van der Waals surface area contributed by atoms with E-state index in [1.54, 1.807) is 12.1 Å². The second kappa shape index (κ2) is 5.06. The van der Waals surface area contributed by atoms with E-state index in [-0.39, 0.29) is 17.0 Å². The highest BCUT2D eigenvalue weighted by Gasteiger charge is 2.37. The summed E-state index contributed by atoms with van der Waals surface area (Å²) in [7, 11) is 0. The Bertz CT molecular complexity index is 441. The second-order valence-electron chi connectivity index (χ2n) is 4.32. The molecule has 5 heteroatoms. The van der Waals surface area contributed by atoms with Crippen LogP contribution >= 0.6 is 31.9 Å². The van der Waals surface area contributed by atoms with Crippen LogP contribution in [0.5, 0.6) is 0 Å². The quantitative estimate of drug-likeness (QED) is 0.815. The Hall–Kier alpha value is -0.420. The average molecular weight is 365 g/mol. The molecule has 1 aromatic rings. The molecule has 1 aliphatic carbocycles. The number of carbonyl (C=O) groups excluding carboxylic acids is 1. The van der Waals surface area contributed by atoms with Crippen molar-refractivity contribution in [2.75, 3.05) is 5.33 Å². The van der Waals surface area contributed by atoms with Gasteiger partial charge >= 0.3 is 0 Å². The van der Waals surface area contributed by atoms with E-state index in [1.165, 1.54) is 6.07 Å². The van der Waals surface area contributed by atoms with Crippen LogP contribution in [-0.4, -0.2) is 16.8 Å². The van der Waals surface area contributed by atoms with Crippen LogP contribution in [0.2, 0.25) is 0 Å². The van der Waals surface area contributed by atoms with Gasteiger partial charge in [-0.25, -0.2) is 4.39 Å². The summed E-state index contributed by atoms with van der Waals surface area (Å²) in [6.45, 7) is 0. The van der Waals surface area contributed by atoms with E-state index in [4.69, 9.17) is 0 Å². The molecule has 0 spiro atoms. The first-order valence-electron chi connectivity index (χ1n) is 5.40. The Kier molecular flexibility index (Phi) is 3.88. The molecule has 0 bridgehead atoms. The number of rotatable bonds is 3. The van der Waals surface area contributed by atoms with Gasteiger partial charge < -0.3 is 5.32 Å². The molecule has 2 rings (SSSR count). The zero-order valence-corrected chi connectivity index (χ0v) is 12.3. The van der Waals surface area contributed by atoms with Gasteiger partial charge in [0.15, 0.2) is 0 Å². The molecule has 1 amide bonds. The van der Waals surface area contributed by atoms with Gasteiger partial charge in [0.05, 0.1) is 15.6 Å². The normalized spacial score (nSPS) is 17.4. The first-order valence-corrected chi connectivity index (χ1v) is 7.32. The number of hydrogen-bond donors (Lipinski definition) is 1. The van der Waals surface area contributed by atoms with Crippen molar-refractivity contribution in [1.82, 2.24) is 5.32 Å². The van der Waals surface area contributed by atoms with Crippen LogP contribution in [0.15, 0.2) is 22.7 Å². The van der Waals surface area contributed by atoms with E-state index in [0.29, 0.717) is 9.80 Å². The Morgan fingerprint density at radius 3 is 2.71 bits per heavy atom. The van der Waals surface area contributed by atoms with Crippen molar-refractivity contribution in [1.29, 1.82) is 0 Å². The fraction of sp³-hybridized carbons (Fsp3) is 0.417. The first kappa shape index (κ1) is 13.0. The zero-order valence-electron chi connectivity index (χ0n) is 9.10. The molecule has 1 aliphatic rings. The number of benzene rings is 1. The highest BCUT2D eigenvalue weighted by molar-refractivity contribution is 9.10. The van der Waals surface area contributed by atoms with Crippen molar-refractivity contribution in [2.24, 2.45) is 0 Å². The molecule has 1 N–H and O–H groups in total. The fourth-order valence-electron chi connectivity index (χ4n) is 1.88. The Balaban J connectivity index is 2.17. The number of carbonyl (C=O) groups is 1. The molecule has 0 aromatic heterocycles. The predicted molar refractivity (Wildman–Crippen MR) is 71.9 cm³/mol. The number of amides is 1. The number of alkyl halides is 1. The third-order valence-electron chi connectivity index (χ3n) is 3.14. The second-order valence-corrected chi connectivity index (χ2v) is 5.74. The SMILES string of the molecule is O=C(NC1(CBr)CCC1)c1cccc(Br)c1F. The van der Waals surface area contributed by atoms with E-state index in [9.17, 15) is 9.18 Å². The minimum Gasteiger partial charge on any atom is -0.346 e. The van der Waals surface area contributed by atoms with Crippen LogP contribution in [0.25, 0.3) is 0 Å². The van der Waals surface area contributed by atoms with Gasteiger partial charge in [-0.2, -0.15) is 0 Å². The van der Waals surface area contributed by atoms with E-state index in [1.807, 2.05) is 0 Å². The van der Waals surface area contributed by atoms with Crippen LogP contribution < -0.4 is 5.32 Å². The summed E-state index contributed by atoms with van der Waals surface area (Å²) in [4.78, 5) is 12.0. The molecular formula is C12H12Br2FNO.